The molecule has 0 saturated carbocycles. The Morgan fingerprint density at radius 2 is 2.00 bits per heavy atom. The summed E-state index contributed by atoms with van der Waals surface area (Å²) in [7, 11) is 0. The topological polar surface area (TPSA) is 41.0 Å². The van der Waals surface area contributed by atoms with E-state index >= 15 is 0 Å². The summed E-state index contributed by atoms with van der Waals surface area (Å²) in [6.45, 7) is 1.43. The van der Waals surface area contributed by atoms with Crippen LogP contribution in [0.3, 0.4) is 0 Å². The normalized spacial score (nSPS) is 18.5. The molecule has 1 fully saturated rings. The molecule has 1 aliphatic rings. The molecule has 1 atom stereocenters. The Hall–Kier alpha value is -2.29. The van der Waals surface area contributed by atoms with Gasteiger partial charge in [0.05, 0.1) is 0 Å². The number of anilines is 1. The van der Waals surface area contributed by atoms with E-state index in [1.165, 1.54) is 12.1 Å². The van der Waals surface area contributed by atoms with Gasteiger partial charge in [0.1, 0.15) is 17.3 Å². The van der Waals surface area contributed by atoms with Gasteiger partial charge >= 0.3 is 6.18 Å². The number of nitrogens with one attached hydrogen (secondary N) is 1. The van der Waals surface area contributed by atoms with E-state index in [2.05, 4.69) is 15.3 Å². The number of aromatic nitrogens is 2. The van der Waals surface area contributed by atoms with Crippen molar-refractivity contribution in [3.05, 3.63) is 53.4 Å². The number of alkyl halides is 3. The summed E-state index contributed by atoms with van der Waals surface area (Å²) in [6, 6.07) is 4.08. The Kier molecular flexibility index (Phi) is 4.85. The van der Waals surface area contributed by atoms with E-state index in [1.807, 2.05) is 4.90 Å². The maximum Gasteiger partial charge on any atom is 0.433 e. The Morgan fingerprint density at radius 3 is 2.72 bits per heavy atom. The van der Waals surface area contributed by atoms with Gasteiger partial charge in [-0.3, -0.25) is 4.90 Å². The first kappa shape index (κ1) is 17.5. The monoisotopic (exact) mass is 358 g/mol. The zero-order valence-electron chi connectivity index (χ0n) is 13.0. The van der Waals surface area contributed by atoms with Crippen LogP contribution in [0.2, 0.25) is 0 Å². The summed E-state index contributed by atoms with van der Waals surface area (Å²) >= 11 is 0. The van der Waals surface area contributed by atoms with E-state index in [4.69, 9.17) is 0 Å². The minimum Gasteiger partial charge on any atom is -0.350 e. The molecule has 134 valence electrons. The Morgan fingerprint density at radius 1 is 1.20 bits per heavy atom. The summed E-state index contributed by atoms with van der Waals surface area (Å²) in [6.07, 6.45) is -2.82. The van der Waals surface area contributed by atoms with Gasteiger partial charge in [0.25, 0.3) is 0 Å². The predicted molar refractivity (Wildman–Crippen MR) is 80.7 cm³/mol. The van der Waals surface area contributed by atoms with Crippen LogP contribution < -0.4 is 5.32 Å². The van der Waals surface area contributed by atoms with Gasteiger partial charge in [-0.2, -0.15) is 13.2 Å². The van der Waals surface area contributed by atoms with Gasteiger partial charge in [-0.1, -0.05) is 6.07 Å². The molecule has 1 N–H and O–H groups in total. The van der Waals surface area contributed by atoms with Crippen molar-refractivity contribution < 1.29 is 22.0 Å². The van der Waals surface area contributed by atoms with Crippen LogP contribution in [0.15, 0.2) is 30.5 Å². The van der Waals surface area contributed by atoms with Crippen LogP contribution in [-0.4, -0.2) is 34.0 Å². The molecule has 9 heteroatoms. The lowest BCUT2D eigenvalue weighted by Crippen LogP contribution is -2.27. The second-order valence-electron chi connectivity index (χ2n) is 5.86. The van der Waals surface area contributed by atoms with E-state index in [9.17, 15) is 22.0 Å². The molecule has 1 unspecified atom stereocenters. The van der Waals surface area contributed by atoms with Crippen LogP contribution in [0.1, 0.15) is 17.7 Å². The van der Waals surface area contributed by atoms with Gasteiger partial charge < -0.3 is 5.32 Å². The molecule has 2 aromatic rings. The number of likely N-dealkylation sites (tertiary alicyclic amines) is 1. The fraction of sp³-hybridized carbons (Fsp3) is 0.375. The Balaban J connectivity index is 1.60. The average Bonchev–Trinajstić information content (AvgIpc) is 2.97. The molecule has 1 aromatic heterocycles. The largest absolute Gasteiger partial charge is 0.433 e. The van der Waals surface area contributed by atoms with Crippen LogP contribution in [0.4, 0.5) is 27.9 Å². The highest BCUT2D eigenvalue weighted by atomic mass is 19.4. The standard InChI is InChI=1S/C16H15F5N4/c17-11-2-1-10(13(18)7-11)8-25-6-4-12(9-25)23-15-22-5-3-14(24-15)16(19,20)21/h1-3,5,7,12H,4,6,8-9H2,(H,22,23,24). The molecule has 2 heterocycles. The molecule has 0 spiro atoms. The minimum absolute atomic E-state index is 0.0883. The molecule has 0 aliphatic carbocycles. The van der Waals surface area contributed by atoms with Crippen molar-refractivity contribution >= 4 is 5.95 Å². The lowest BCUT2D eigenvalue weighted by Gasteiger charge is -2.17. The third kappa shape index (κ3) is 4.41. The van der Waals surface area contributed by atoms with Gasteiger partial charge in [0.15, 0.2) is 0 Å². The Bertz CT molecular complexity index is 750. The summed E-state index contributed by atoms with van der Waals surface area (Å²) in [5.74, 6) is -1.34. The van der Waals surface area contributed by atoms with Crippen LogP contribution in [-0.2, 0) is 12.7 Å². The van der Waals surface area contributed by atoms with Crippen molar-refractivity contribution in [1.29, 1.82) is 0 Å². The second-order valence-corrected chi connectivity index (χ2v) is 5.86. The van der Waals surface area contributed by atoms with Gasteiger partial charge in [-0.25, -0.2) is 18.7 Å². The first-order valence-corrected chi connectivity index (χ1v) is 7.64. The van der Waals surface area contributed by atoms with E-state index in [1.54, 1.807) is 0 Å². The smallest absolute Gasteiger partial charge is 0.350 e. The molecule has 0 bridgehead atoms. The average molecular weight is 358 g/mol. The van der Waals surface area contributed by atoms with Gasteiger partial charge in [0.2, 0.25) is 5.95 Å². The molecular formula is C16H15F5N4. The second kappa shape index (κ2) is 6.91. The van der Waals surface area contributed by atoms with Crippen LogP contribution in [0.5, 0.6) is 0 Å². The molecule has 3 rings (SSSR count). The van der Waals surface area contributed by atoms with Crippen molar-refractivity contribution in [3.63, 3.8) is 0 Å². The maximum absolute atomic E-state index is 13.7. The molecular weight excluding hydrogens is 343 g/mol. The van der Waals surface area contributed by atoms with Crippen LogP contribution in [0.25, 0.3) is 0 Å². The minimum atomic E-state index is -4.53. The van der Waals surface area contributed by atoms with Crippen molar-refractivity contribution in [3.8, 4) is 0 Å². The maximum atomic E-state index is 13.7. The number of halogens is 5. The molecule has 0 radical (unpaired) electrons. The van der Waals surface area contributed by atoms with Crippen molar-refractivity contribution in [2.75, 3.05) is 18.4 Å². The van der Waals surface area contributed by atoms with Gasteiger partial charge in [0, 0.05) is 43.5 Å². The summed E-state index contributed by atoms with van der Waals surface area (Å²) in [5, 5.41) is 2.88. The fourth-order valence-corrected chi connectivity index (χ4v) is 2.75. The SMILES string of the molecule is Fc1ccc(CN2CCC(Nc3nccc(C(F)(F)F)n3)C2)c(F)c1. The first-order valence-electron chi connectivity index (χ1n) is 7.64. The highest BCUT2D eigenvalue weighted by molar-refractivity contribution is 5.28. The van der Waals surface area contributed by atoms with Crippen molar-refractivity contribution in [1.82, 2.24) is 14.9 Å². The highest BCUT2D eigenvalue weighted by Gasteiger charge is 2.33. The quantitative estimate of drug-likeness (QED) is 0.850. The molecule has 4 nitrogen and oxygen atoms in total. The zero-order valence-corrected chi connectivity index (χ0v) is 13.0. The summed E-state index contributed by atoms with van der Waals surface area (Å²) < 4.78 is 64.6. The van der Waals surface area contributed by atoms with E-state index < -0.39 is 23.5 Å². The lowest BCUT2D eigenvalue weighted by molar-refractivity contribution is -0.141. The third-order valence-electron chi connectivity index (χ3n) is 3.96. The summed E-state index contributed by atoms with van der Waals surface area (Å²) in [4.78, 5) is 9.21. The fourth-order valence-electron chi connectivity index (χ4n) is 2.75. The Labute approximate surface area is 140 Å². The van der Waals surface area contributed by atoms with E-state index in [0.29, 0.717) is 31.6 Å². The molecule has 1 aliphatic heterocycles. The van der Waals surface area contributed by atoms with Gasteiger partial charge in [-0.15, -0.1) is 0 Å². The van der Waals surface area contributed by atoms with Gasteiger partial charge in [-0.05, 0) is 18.6 Å². The molecule has 1 aromatic carbocycles. The number of hydrogen-bond donors (Lipinski definition) is 1. The summed E-state index contributed by atoms with van der Waals surface area (Å²) in [5.41, 5.74) is -0.634. The third-order valence-corrected chi connectivity index (χ3v) is 3.96. The predicted octanol–water partition coefficient (Wildman–Crippen LogP) is 3.46. The number of rotatable bonds is 4. The van der Waals surface area contributed by atoms with Crippen molar-refractivity contribution in [2.24, 2.45) is 0 Å². The molecule has 1 saturated heterocycles. The van der Waals surface area contributed by atoms with Crippen molar-refractivity contribution in [2.45, 2.75) is 25.2 Å². The highest BCUT2D eigenvalue weighted by Crippen LogP contribution is 2.28. The number of benzene rings is 1. The zero-order chi connectivity index (χ0) is 18.0. The van der Waals surface area contributed by atoms with E-state index in [-0.39, 0.29) is 12.0 Å². The molecule has 25 heavy (non-hydrogen) atoms. The lowest BCUT2D eigenvalue weighted by atomic mass is 10.2. The first-order chi connectivity index (χ1) is 11.8. The van der Waals surface area contributed by atoms with Crippen LogP contribution in [0, 0.1) is 11.6 Å². The number of nitrogens with zero attached hydrogens (tertiary/aromatic N) is 3. The molecule has 0 amide bonds. The van der Waals surface area contributed by atoms with Crippen LogP contribution >= 0.6 is 0 Å². The number of hydrogen-bond acceptors (Lipinski definition) is 4. The van der Waals surface area contributed by atoms with E-state index in [0.717, 1.165) is 18.3 Å².